The first-order valence-electron chi connectivity index (χ1n) is 6.35. The van der Waals surface area contributed by atoms with E-state index in [0.717, 1.165) is 23.4 Å². The van der Waals surface area contributed by atoms with Gasteiger partial charge in [-0.2, -0.15) is 0 Å². The van der Waals surface area contributed by atoms with Crippen molar-refractivity contribution in [1.29, 1.82) is 0 Å². The van der Waals surface area contributed by atoms with Crippen molar-refractivity contribution >= 4 is 0 Å². The van der Waals surface area contributed by atoms with Gasteiger partial charge in [-0.05, 0) is 30.7 Å². The van der Waals surface area contributed by atoms with Crippen LogP contribution in [0.5, 0.6) is 11.5 Å². The molecule has 0 amide bonds. The van der Waals surface area contributed by atoms with Crippen molar-refractivity contribution in [2.75, 3.05) is 7.11 Å². The normalized spacial score (nSPS) is 12.1. The lowest BCUT2D eigenvalue weighted by molar-refractivity contribution is 0.401. The molecule has 1 unspecified atom stereocenters. The number of hydrogen-bond acceptors (Lipinski definition) is 3. The Hall–Kier alpha value is -2.00. The van der Waals surface area contributed by atoms with E-state index in [-0.39, 0.29) is 6.04 Å². The van der Waals surface area contributed by atoms with Gasteiger partial charge in [0.15, 0.2) is 0 Å². The van der Waals surface area contributed by atoms with Crippen molar-refractivity contribution in [3.05, 3.63) is 59.7 Å². The summed E-state index contributed by atoms with van der Waals surface area (Å²) >= 11 is 0. The fourth-order valence-electron chi connectivity index (χ4n) is 2.02. The summed E-state index contributed by atoms with van der Waals surface area (Å²) in [4.78, 5) is 0. The summed E-state index contributed by atoms with van der Waals surface area (Å²) in [7, 11) is 1.69. The van der Waals surface area contributed by atoms with E-state index in [1.54, 1.807) is 19.2 Å². The van der Waals surface area contributed by atoms with Crippen LogP contribution in [0.25, 0.3) is 0 Å². The molecular weight excluding hydrogens is 238 g/mol. The van der Waals surface area contributed by atoms with Crippen LogP contribution >= 0.6 is 0 Å². The molecule has 100 valence electrons. The maximum atomic E-state index is 9.24. The summed E-state index contributed by atoms with van der Waals surface area (Å²) in [5.41, 5.74) is 2.28. The van der Waals surface area contributed by atoms with Crippen molar-refractivity contribution in [2.45, 2.75) is 19.5 Å². The Morgan fingerprint density at radius 3 is 2.47 bits per heavy atom. The van der Waals surface area contributed by atoms with Crippen LogP contribution in [0, 0.1) is 0 Å². The second-order valence-electron chi connectivity index (χ2n) is 4.51. The average Bonchev–Trinajstić information content (AvgIpc) is 2.46. The Morgan fingerprint density at radius 2 is 1.79 bits per heavy atom. The lowest BCUT2D eigenvalue weighted by Gasteiger charge is -2.17. The number of phenolic OH excluding ortho intramolecular Hbond substituents is 1. The van der Waals surface area contributed by atoms with E-state index in [9.17, 15) is 5.11 Å². The predicted octanol–water partition coefficient (Wildman–Crippen LogP) is 3.25. The highest BCUT2D eigenvalue weighted by Gasteiger charge is 2.09. The fraction of sp³-hybridized carbons (Fsp3) is 0.250. The van der Waals surface area contributed by atoms with Crippen molar-refractivity contribution in [2.24, 2.45) is 0 Å². The summed E-state index contributed by atoms with van der Waals surface area (Å²) in [5, 5.41) is 12.7. The first-order valence-corrected chi connectivity index (χ1v) is 6.35. The molecule has 0 saturated heterocycles. The van der Waals surface area contributed by atoms with Crippen LogP contribution in [0.1, 0.15) is 24.1 Å². The highest BCUT2D eigenvalue weighted by atomic mass is 16.5. The van der Waals surface area contributed by atoms with E-state index in [0.29, 0.717) is 5.75 Å². The number of phenols is 1. The SMILES string of the molecule is COc1ccccc1C(C)NCc1ccc(O)cc1. The van der Waals surface area contributed by atoms with E-state index in [4.69, 9.17) is 4.74 Å². The molecule has 3 nitrogen and oxygen atoms in total. The number of rotatable bonds is 5. The summed E-state index contributed by atoms with van der Waals surface area (Å²) < 4.78 is 5.36. The van der Waals surface area contributed by atoms with Gasteiger partial charge in [0.05, 0.1) is 7.11 Å². The predicted molar refractivity (Wildman–Crippen MR) is 76.4 cm³/mol. The van der Waals surface area contributed by atoms with E-state index in [1.807, 2.05) is 30.3 Å². The van der Waals surface area contributed by atoms with Crippen molar-refractivity contribution in [1.82, 2.24) is 5.32 Å². The van der Waals surface area contributed by atoms with Gasteiger partial charge >= 0.3 is 0 Å². The molecule has 3 heteroatoms. The van der Waals surface area contributed by atoms with Gasteiger partial charge in [0, 0.05) is 18.2 Å². The topological polar surface area (TPSA) is 41.5 Å². The van der Waals surface area contributed by atoms with Crippen LogP contribution in [0.2, 0.25) is 0 Å². The molecular formula is C16H19NO2. The van der Waals surface area contributed by atoms with Crippen molar-refractivity contribution < 1.29 is 9.84 Å². The Balaban J connectivity index is 2.01. The maximum absolute atomic E-state index is 9.24. The van der Waals surface area contributed by atoms with Gasteiger partial charge < -0.3 is 15.2 Å². The molecule has 2 aromatic rings. The molecule has 0 aromatic heterocycles. The molecule has 0 spiro atoms. The number of methoxy groups -OCH3 is 1. The van der Waals surface area contributed by atoms with Crippen LogP contribution in [0.4, 0.5) is 0 Å². The number of nitrogens with one attached hydrogen (secondary N) is 1. The molecule has 0 heterocycles. The van der Waals surface area contributed by atoms with Crippen LogP contribution in [0.15, 0.2) is 48.5 Å². The largest absolute Gasteiger partial charge is 0.508 e. The average molecular weight is 257 g/mol. The van der Waals surface area contributed by atoms with Crippen molar-refractivity contribution in [3.8, 4) is 11.5 Å². The fourth-order valence-corrected chi connectivity index (χ4v) is 2.02. The van der Waals surface area contributed by atoms with Gasteiger partial charge in [0.1, 0.15) is 11.5 Å². The standard InChI is InChI=1S/C16H19NO2/c1-12(15-5-3-4-6-16(15)19-2)17-11-13-7-9-14(18)10-8-13/h3-10,12,17-18H,11H2,1-2H3. The number of aromatic hydroxyl groups is 1. The molecule has 2 rings (SSSR count). The van der Waals surface area contributed by atoms with Gasteiger partial charge in [-0.3, -0.25) is 0 Å². The molecule has 0 aliphatic carbocycles. The molecule has 2 N–H and O–H groups in total. The third-order valence-corrected chi connectivity index (χ3v) is 3.15. The molecule has 19 heavy (non-hydrogen) atoms. The van der Waals surface area contributed by atoms with Gasteiger partial charge in [-0.15, -0.1) is 0 Å². The Labute approximate surface area is 113 Å². The zero-order valence-electron chi connectivity index (χ0n) is 11.3. The lowest BCUT2D eigenvalue weighted by atomic mass is 10.1. The van der Waals surface area contributed by atoms with Gasteiger partial charge in [-0.25, -0.2) is 0 Å². The minimum atomic E-state index is 0.199. The quantitative estimate of drug-likeness (QED) is 0.864. The van der Waals surface area contributed by atoms with Gasteiger partial charge in [0.2, 0.25) is 0 Å². The highest BCUT2D eigenvalue weighted by molar-refractivity contribution is 5.35. The molecule has 2 aromatic carbocycles. The smallest absolute Gasteiger partial charge is 0.123 e. The molecule has 0 aliphatic heterocycles. The third-order valence-electron chi connectivity index (χ3n) is 3.15. The van der Waals surface area contributed by atoms with E-state index in [2.05, 4.69) is 18.3 Å². The minimum absolute atomic E-state index is 0.199. The lowest BCUT2D eigenvalue weighted by Crippen LogP contribution is -2.18. The summed E-state index contributed by atoms with van der Waals surface area (Å²) in [6.07, 6.45) is 0. The van der Waals surface area contributed by atoms with E-state index in [1.165, 1.54) is 0 Å². The minimum Gasteiger partial charge on any atom is -0.508 e. The first-order chi connectivity index (χ1) is 9.20. The molecule has 0 fully saturated rings. The molecule has 0 aliphatic rings. The zero-order chi connectivity index (χ0) is 13.7. The Bertz CT molecular complexity index is 523. The molecule has 0 bridgehead atoms. The summed E-state index contributed by atoms with van der Waals surface area (Å²) in [6, 6.07) is 15.4. The number of ether oxygens (including phenoxy) is 1. The zero-order valence-corrected chi connectivity index (χ0v) is 11.3. The van der Waals surface area contributed by atoms with Gasteiger partial charge in [0.25, 0.3) is 0 Å². The van der Waals surface area contributed by atoms with Gasteiger partial charge in [-0.1, -0.05) is 30.3 Å². The Kier molecular flexibility index (Phi) is 4.42. The maximum Gasteiger partial charge on any atom is 0.123 e. The number of hydrogen-bond donors (Lipinski definition) is 2. The van der Waals surface area contributed by atoms with Crippen LogP contribution in [0.3, 0.4) is 0 Å². The first kappa shape index (κ1) is 13.4. The van der Waals surface area contributed by atoms with Crippen molar-refractivity contribution in [3.63, 3.8) is 0 Å². The third kappa shape index (κ3) is 3.48. The van der Waals surface area contributed by atoms with Crippen LogP contribution in [-0.4, -0.2) is 12.2 Å². The molecule has 0 radical (unpaired) electrons. The summed E-state index contributed by atoms with van der Waals surface area (Å²) in [5.74, 6) is 1.19. The number of para-hydroxylation sites is 1. The van der Waals surface area contributed by atoms with E-state index < -0.39 is 0 Å². The molecule has 1 atom stereocenters. The highest BCUT2D eigenvalue weighted by Crippen LogP contribution is 2.24. The summed E-state index contributed by atoms with van der Waals surface area (Å²) in [6.45, 7) is 2.86. The number of benzene rings is 2. The Morgan fingerprint density at radius 1 is 1.11 bits per heavy atom. The molecule has 0 saturated carbocycles. The van der Waals surface area contributed by atoms with E-state index >= 15 is 0 Å². The van der Waals surface area contributed by atoms with Crippen LogP contribution in [-0.2, 0) is 6.54 Å². The monoisotopic (exact) mass is 257 g/mol. The second kappa shape index (κ2) is 6.25. The van der Waals surface area contributed by atoms with Crippen LogP contribution < -0.4 is 10.1 Å². The second-order valence-corrected chi connectivity index (χ2v) is 4.51.